The molecular weight excluding hydrogens is 689 g/mol. The number of ether oxygens (including phenoxy) is 1. The number of fused-ring (bicyclic) bond motifs is 1. The van der Waals surface area contributed by atoms with Gasteiger partial charge in [-0.3, -0.25) is 14.4 Å². The predicted octanol–water partition coefficient (Wildman–Crippen LogP) is 8.82. The van der Waals surface area contributed by atoms with Gasteiger partial charge in [0, 0.05) is 21.0 Å². The third-order valence-corrected chi connectivity index (χ3v) is 11.4. The second kappa shape index (κ2) is 17.1. The molecule has 0 saturated carbocycles. The van der Waals surface area contributed by atoms with E-state index in [1.165, 1.54) is 28.7 Å². The Balaban J connectivity index is 1.15. The van der Waals surface area contributed by atoms with Gasteiger partial charge in [-0.2, -0.15) is 5.26 Å². The van der Waals surface area contributed by atoms with E-state index in [2.05, 4.69) is 46.3 Å². The highest BCUT2D eigenvalue weighted by atomic mass is 32.2. The number of thiophene rings is 1. The first-order valence-electron chi connectivity index (χ1n) is 17.1. The van der Waals surface area contributed by atoms with Gasteiger partial charge in [0.15, 0.2) is 0 Å². The zero-order valence-electron chi connectivity index (χ0n) is 28.8. The number of nitriles is 1. The highest BCUT2D eigenvalue weighted by Gasteiger charge is 2.28. The van der Waals surface area contributed by atoms with Gasteiger partial charge in [-0.05, 0) is 96.8 Å². The monoisotopic (exact) mass is 726 g/mol. The Hall–Kier alpha value is -5.63. The summed E-state index contributed by atoms with van der Waals surface area (Å²) in [7, 11) is 1.56. The van der Waals surface area contributed by atoms with E-state index in [9.17, 15) is 19.6 Å². The van der Waals surface area contributed by atoms with E-state index >= 15 is 0 Å². The largest absolute Gasteiger partial charge is 0.497 e. The van der Waals surface area contributed by atoms with Crippen LogP contribution in [0.3, 0.4) is 0 Å². The van der Waals surface area contributed by atoms with Crippen molar-refractivity contribution in [1.82, 2.24) is 5.32 Å². The van der Waals surface area contributed by atoms with Crippen LogP contribution in [0.15, 0.2) is 120 Å². The van der Waals surface area contributed by atoms with Gasteiger partial charge in [0.1, 0.15) is 22.5 Å². The fraction of sp³-hybridized carbons (Fsp3) is 0.190. The number of nitrogens with one attached hydrogen (secondary N) is 3. The van der Waals surface area contributed by atoms with Gasteiger partial charge in [-0.15, -0.1) is 23.1 Å². The van der Waals surface area contributed by atoms with Crippen LogP contribution in [0.2, 0.25) is 0 Å². The average molecular weight is 727 g/mol. The third kappa shape index (κ3) is 8.80. The third-order valence-electron chi connectivity index (χ3n) is 8.85. The summed E-state index contributed by atoms with van der Waals surface area (Å²) in [6.45, 7) is 1.95. The van der Waals surface area contributed by atoms with Crippen molar-refractivity contribution in [3.63, 3.8) is 0 Å². The molecule has 1 aliphatic rings. The van der Waals surface area contributed by atoms with Crippen LogP contribution in [0.25, 0.3) is 6.08 Å². The molecule has 1 aromatic heterocycles. The minimum atomic E-state index is -0.515. The molecule has 10 heteroatoms. The molecule has 6 rings (SSSR count). The van der Waals surface area contributed by atoms with Crippen LogP contribution >= 0.6 is 23.1 Å². The van der Waals surface area contributed by atoms with Crippen molar-refractivity contribution in [3.8, 4) is 11.8 Å². The molecule has 3 amide bonds. The smallest absolute Gasteiger partial charge is 0.272 e. The maximum Gasteiger partial charge on any atom is 0.272 e. The lowest BCUT2D eigenvalue weighted by atomic mass is 9.83. The first-order chi connectivity index (χ1) is 25.3. The summed E-state index contributed by atoms with van der Waals surface area (Å²) in [5.74, 6) is -0.111. The fourth-order valence-corrected chi connectivity index (χ4v) is 8.46. The molecule has 1 aliphatic carbocycles. The van der Waals surface area contributed by atoms with Crippen molar-refractivity contribution in [1.29, 1.82) is 5.26 Å². The molecule has 2 atom stereocenters. The van der Waals surface area contributed by atoms with Crippen LogP contribution in [-0.2, 0) is 22.4 Å². The normalized spacial score (nSPS) is 14.3. The number of anilines is 2. The SMILES string of the molecule is CCC(Sc1cccc(NC(=O)/C(=C/c2cccc(OC)c2)NC(=O)c2ccccc2)c1)C(=O)Nc1sc2c(c1C#N)CCC(c1ccccc1)C2. The number of methoxy groups -OCH3 is 1. The molecule has 0 aliphatic heterocycles. The maximum atomic E-state index is 13.7. The van der Waals surface area contributed by atoms with Gasteiger partial charge in [-0.1, -0.05) is 73.7 Å². The summed E-state index contributed by atoms with van der Waals surface area (Å²) < 4.78 is 5.33. The van der Waals surface area contributed by atoms with E-state index in [0.717, 1.165) is 34.6 Å². The van der Waals surface area contributed by atoms with Gasteiger partial charge in [0.05, 0.1) is 17.9 Å². The Kier molecular flexibility index (Phi) is 11.9. The summed E-state index contributed by atoms with van der Waals surface area (Å²) in [5, 5.41) is 19.0. The van der Waals surface area contributed by atoms with Crippen LogP contribution in [0, 0.1) is 11.3 Å². The summed E-state index contributed by atoms with van der Waals surface area (Å²) in [6, 6.07) is 35.9. The second-order valence-corrected chi connectivity index (χ2v) is 14.7. The molecular formula is C42H38N4O4S2. The molecule has 4 aromatic carbocycles. The zero-order valence-corrected chi connectivity index (χ0v) is 30.5. The van der Waals surface area contributed by atoms with Gasteiger partial charge in [-0.25, -0.2) is 0 Å². The Bertz CT molecular complexity index is 2140. The van der Waals surface area contributed by atoms with E-state index in [4.69, 9.17) is 4.74 Å². The van der Waals surface area contributed by atoms with Crippen molar-refractivity contribution < 1.29 is 19.1 Å². The van der Waals surface area contributed by atoms with Gasteiger partial charge in [0.2, 0.25) is 5.91 Å². The average Bonchev–Trinajstić information content (AvgIpc) is 3.53. The number of benzene rings is 4. The van der Waals surface area contributed by atoms with E-state index in [1.807, 2.05) is 31.2 Å². The lowest BCUT2D eigenvalue weighted by molar-refractivity contribution is -0.116. The molecule has 2 unspecified atom stereocenters. The molecule has 0 fully saturated rings. The summed E-state index contributed by atoms with van der Waals surface area (Å²) >= 11 is 2.90. The van der Waals surface area contributed by atoms with Crippen LogP contribution < -0.4 is 20.7 Å². The molecule has 0 spiro atoms. The van der Waals surface area contributed by atoms with Crippen molar-refractivity contribution >= 4 is 57.6 Å². The Morgan fingerprint density at radius 1 is 0.962 bits per heavy atom. The molecule has 52 heavy (non-hydrogen) atoms. The summed E-state index contributed by atoms with van der Waals surface area (Å²) in [4.78, 5) is 42.3. The molecule has 8 nitrogen and oxygen atoms in total. The minimum absolute atomic E-state index is 0.0491. The van der Waals surface area contributed by atoms with Crippen molar-refractivity contribution in [2.75, 3.05) is 17.7 Å². The molecule has 0 saturated heterocycles. The van der Waals surface area contributed by atoms with Crippen LogP contribution in [-0.4, -0.2) is 30.1 Å². The zero-order chi connectivity index (χ0) is 36.5. The second-order valence-electron chi connectivity index (χ2n) is 12.3. The van der Waals surface area contributed by atoms with Crippen LogP contribution in [0.4, 0.5) is 10.7 Å². The number of nitrogens with zero attached hydrogens (tertiary/aromatic N) is 1. The molecule has 0 bridgehead atoms. The topological polar surface area (TPSA) is 120 Å². The molecule has 1 heterocycles. The Morgan fingerprint density at radius 3 is 2.44 bits per heavy atom. The first-order valence-corrected chi connectivity index (χ1v) is 18.8. The maximum absolute atomic E-state index is 13.7. The number of amides is 3. The molecule has 5 aromatic rings. The minimum Gasteiger partial charge on any atom is -0.497 e. The van der Waals surface area contributed by atoms with Crippen molar-refractivity contribution in [2.45, 2.75) is 48.7 Å². The highest BCUT2D eigenvalue weighted by Crippen LogP contribution is 2.42. The fourth-order valence-electron chi connectivity index (χ4n) is 6.17. The number of carbonyl (C=O) groups is 3. The number of hydrogen-bond donors (Lipinski definition) is 3. The van der Waals surface area contributed by atoms with E-state index < -0.39 is 17.1 Å². The predicted molar refractivity (Wildman–Crippen MR) is 209 cm³/mol. The Morgan fingerprint density at radius 2 is 1.71 bits per heavy atom. The first kappa shape index (κ1) is 36.2. The summed E-state index contributed by atoms with van der Waals surface area (Å²) in [6.07, 6.45) is 4.77. The number of carbonyl (C=O) groups excluding carboxylic acids is 3. The molecule has 0 radical (unpaired) electrons. The van der Waals surface area contributed by atoms with Crippen molar-refractivity contribution in [2.24, 2.45) is 0 Å². The molecule has 262 valence electrons. The van der Waals surface area contributed by atoms with E-state index in [0.29, 0.717) is 45.5 Å². The van der Waals surface area contributed by atoms with Crippen LogP contribution in [0.5, 0.6) is 5.75 Å². The quantitative estimate of drug-likeness (QED) is 0.0873. The number of rotatable bonds is 12. The van der Waals surface area contributed by atoms with Crippen LogP contribution in [0.1, 0.15) is 63.2 Å². The van der Waals surface area contributed by atoms with Gasteiger partial charge < -0.3 is 20.7 Å². The number of hydrogen-bond acceptors (Lipinski definition) is 7. The van der Waals surface area contributed by atoms with Gasteiger partial charge in [0.25, 0.3) is 11.8 Å². The van der Waals surface area contributed by atoms with Gasteiger partial charge >= 0.3 is 0 Å². The number of thioether (sulfide) groups is 1. The lowest BCUT2D eigenvalue weighted by Crippen LogP contribution is -2.30. The van der Waals surface area contributed by atoms with Crippen molar-refractivity contribution in [3.05, 3.63) is 148 Å². The standard InChI is InChI=1S/C42H38N4O4S2/c1-3-37(41(49)46-42-35(26-43)34-21-20-30(24-38(34)52-42)28-13-6-4-7-14-28)51-33-19-11-17-31(25-33)44-40(48)36(23-27-12-10-18-32(22-27)50-2)45-39(47)29-15-8-5-9-16-29/h4-19,22-23,25,30,37H,3,20-21,24H2,1-2H3,(H,44,48)(H,45,47)(H,46,49)/b36-23-. The highest BCUT2D eigenvalue weighted by molar-refractivity contribution is 8.00. The molecule has 3 N–H and O–H groups in total. The summed E-state index contributed by atoms with van der Waals surface area (Å²) in [5.41, 5.74) is 4.55. The van der Waals surface area contributed by atoms with E-state index in [-0.39, 0.29) is 11.6 Å². The van der Waals surface area contributed by atoms with E-state index in [1.54, 1.807) is 73.8 Å². The lowest BCUT2D eigenvalue weighted by Gasteiger charge is -2.22. The Labute approximate surface area is 311 Å².